The summed E-state index contributed by atoms with van der Waals surface area (Å²) >= 11 is 0. The molecule has 38 heavy (non-hydrogen) atoms. The Kier molecular flexibility index (Phi) is 5.15. The molecule has 1 amide bonds. The summed E-state index contributed by atoms with van der Waals surface area (Å²) in [4.78, 5) is 34.6. The van der Waals surface area contributed by atoms with Crippen molar-refractivity contribution < 1.29 is 19.7 Å². The van der Waals surface area contributed by atoms with Crippen LogP contribution >= 0.6 is 0 Å². The molecule has 190 valence electrons. The number of benzene rings is 4. The molecular formula is C28H23N5O5. The predicted octanol–water partition coefficient (Wildman–Crippen LogP) is 2.44. The van der Waals surface area contributed by atoms with Crippen LogP contribution in [0.5, 0.6) is 0 Å². The van der Waals surface area contributed by atoms with Gasteiger partial charge in [-0.05, 0) is 37.9 Å². The molecule has 10 heteroatoms. The molecule has 0 unspecified atom stereocenters. The molecule has 10 nitrogen and oxygen atoms in total. The van der Waals surface area contributed by atoms with E-state index in [0.29, 0.717) is 0 Å². The number of carbonyl (C=O) groups excluding carboxylic acids is 1. The van der Waals surface area contributed by atoms with Crippen molar-refractivity contribution in [2.75, 3.05) is 12.0 Å². The second-order valence-corrected chi connectivity index (χ2v) is 9.65. The van der Waals surface area contributed by atoms with Gasteiger partial charge in [0.1, 0.15) is 18.7 Å². The lowest BCUT2D eigenvalue weighted by Crippen LogP contribution is -2.34. The number of hydrogen-bond acceptors (Lipinski definition) is 7. The van der Waals surface area contributed by atoms with E-state index in [0.717, 1.165) is 37.2 Å². The van der Waals surface area contributed by atoms with E-state index >= 15 is 0 Å². The van der Waals surface area contributed by atoms with Crippen LogP contribution in [0.2, 0.25) is 0 Å². The molecule has 3 atom stereocenters. The second kappa shape index (κ2) is 8.59. The van der Waals surface area contributed by atoms with Gasteiger partial charge in [0, 0.05) is 6.42 Å². The van der Waals surface area contributed by atoms with Crippen LogP contribution in [0.25, 0.3) is 43.5 Å². The van der Waals surface area contributed by atoms with Crippen LogP contribution in [-0.4, -0.2) is 54.1 Å². The number of imidazole rings is 1. The minimum absolute atomic E-state index is 0.0565. The SMILES string of the molecule is O=C(Cc1ccc2ccc3cccc4ccc1c2c34)Nn1cnc2c(ncn2[C@H]2C[C@H](O)[C@@H](CO)O2)c1=O. The Morgan fingerprint density at radius 3 is 2.50 bits per heavy atom. The Balaban J connectivity index is 1.18. The molecule has 3 N–H and O–H groups in total. The maximum absolute atomic E-state index is 13.1. The molecule has 1 fully saturated rings. The Hall–Kier alpha value is -4.38. The van der Waals surface area contributed by atoms with Gasteiger partial charge in [0.05, 0.1) is 25.5 Å². The van der Waals surface area contributed by atoms with Gasteiger partial charge in [-0.15, -0.1) is 0 Å². The minimum atomic E-state index is -0.832. The van der Waals surface area contributed by atoms with E-state index < -0.39 is 24.0 Å². The number of carbonyl (C=O) groups is 1. The molecule has 0 spiro atoms. The van der Waals surface area contributed by atoms with Crippen molar-refractivity contribution in [3.63, 3.8) is 0 Å². The number of nitrogens with zero attached hydrogens (tertiary/aromatic N) is 4. The molecule has 2 aromatic heterocycles. The van der Waals surface area contributed by atoms with Gasteiger partial charge in [-0.3, -0.25) is 19.6 Å². The smallest absolute Gasteiger partial charge is 0.300 e. The van der Waals surface area contributed by atoms with Gasteiger partial charge < -0.3 is 14.9 Å². The van der Waals surface area contributed by atoms with Crippen molar-refractivity contribution in [3.05, 3.63) is 83.2 Å². The van der Waals surface area contributed by atoms with Crippen molar-refractivity contribution >= 4 is 49.4 Å². The fourth-order valence-corrected chi connectivity index (χ4v) is 5.55. The number of rotatable bonds is 5. The number of hydrogen-bond donors (Lipinski definition) is 3. The van der Waals surface area contributed by atoms with Gasteiger partial charge in [0.25, 0.3) is 5.56 Å². The Morgan fingerprint density at radius 1 is 1.00 bits per heavy atom. The highest BCUT2D eigenvalue weighted by Gasteiger charge is 2.35. The Labute approximate surface area is 215 Å². The summed E-state index contributed by atoms with van der Waals surface area (Å²) in [5, 5.41) is 26.1. The third kappa shape index (κ3) is 3.46. The molecule has 1 saturated heterocycles. The summed E-state index contributed by atoms with van der Waals surface area (Å²) in [6.45, 7) is -0.317. The standard InChI is InChI=1S/C28H23N5O5/c34-12-21-20(35)11-23(38-21)32-13-29-26-27(32)30-14-33(28(26)37)31-22(36)10-18-7-6-17-5-4-15-2-1-3-16-8-9-19(18)25(17)24(15)16/h1-9,13-14,20-21,23,34-35H,10-12H2,(H,31,36)/t20-,21+,23+/m0/s1. The van der Waals surface area contributed by atoms with Crippen LogP contribution in [0.3, 0.4) is 0 Å². The molecule has 6 aromatic rings. The van der Waals surface area contributed by atoms with Crippen LogP contribution in [0.15, 0.2) is 72.0 Å². The molecule has 0 bridgehead atoms. The normalized spacial score (nSPS) is 19.8. The Morgan fingerprint density at radius 2 is 1.74 bits per heavy atom. The minimum Gasteiger partial charge on any atom is -0.394 e. The maximum atomic E-state index is 13.1. The van der Waals surface area contributed by atoms with Crippen LogP contribution < -0.4 is 11.0 Å². The van der Waals surface area contributed by atoms with E-state index in [4.69, 9.17) is 4.74 Å². The molecular weight excluding hydrogens is 486 g/mol. The van der Waals surface area contributed by atoms with Crippen LogP contribution in [0, 0.1) is 0 Å². The van der Waals surface area contributed by atoms with Crippen molar-refractivity contribution in [1.82, 2.24) is 19.2 Å². The fraction of sp³-hybridized carbons (Fsp3) is 0.214. The first-order valence-corrected chi connectivity index (χ1v) is 12.4. The number of ether oxygens (including phenoxy) is 1. The second-order valence-electron chi connectivity index (χ2n) is 9.65. The van der Waals surface area contributed by atoms with E-state index in [9.17, 15) is 19.8 Å². The first kappa shape index (κ1) is 22.8. The summed E-state index contributed by atoms with van der Waals surface area (Å²) < 4.78 is 8.23. The zero-order valence-electron chi connectivity index (χ0n) is 20.1. The first-order valence-electron chi connectivity index (χ1n) is 12.4. The molecule has 1 aliphatic rings. The van der Waals surface area contributed by atoms with E-state index in [-0.39, 0.29) is 36.5 Å². The monoisotopic (exact) mass is 509 g/mol. The molecule has 3 heterocycles. The topological polar surface area (TPSA) is 132 Å². The van der Waals surface area contributed by atoms with Crippen molar-refractivity contribution in [1.29, 1.82) is 0 Å². The van der Waals surface area contributed by atoms with Gasteiger partial charge in [-0.2, -0.15) is 0 Å². The highest BCUT2D eigenvalue weighted by Crippen LogP contribution is 2.36. The van der Waals surface area contributed by atoms with E-state index in [2.05, 4.69) is 45.7 Å². The zero-order valence-corrected chi connectivity index (χ0v) is 20.1. The third-order valence-corrected chi connectivity index (χ3v) is 7.39. The maximum Gasteiger partial charge on any atom is 0.300 e. The average Bonchev–Trinajstić information content (AvgIpc) is 3.53. The zero-order chi connectivity index (χ0) is 26.0. The average molecular weight is 510 g/mol. The van der Waals surface area contributed by atoms with Crippen molar-refractivity contribution in [3.8, 4) is 0 Å². The van der Waals surface area contributed by atoms with Crippen LogP contribution in [-0.2, 0) is 16.0 Å². The molecule has 4 aromatic carbocycles. The van der Waals surface area contributed by atoms with Gasteiger partial charge >= 0.3 is 0 Å². The largest absolute Gasteiger partial charge is 0.394 e. The number of aliphatic hydroxyl groups is 2. The summed E-state index contributed by atoms with van der Waals surface area (Å²) in [6.07, 6.45) is 0.797. The fourth-order valence-electron chi connectivity index (χ4n) is 5.55. The van der Waals surface area contributed by atoms with Crippen LogP contribution in [0.1, 0.15) is 18.2 Å². The van der Waals surface area contributed by atoms with Gasteiger partial charge in [0.2, 0.25) is 5.91 Å². The third-order valence-electron chi connectivity index (χ3n) is 7.39. The number of aliphatic hydroxyl groups excluding tert-OH is 2. The lowest BCUT2D eigenvalue weighted by atomic mass is 9.91. The van der Waals surface area contributed by atoms with Gasteiger partial charge in [-0.1, -0.05) is 54.6 Å². The predicted molar refractivity (Wildman–Crippen MR) is 142 cm³/mol. The number of aromatic nitrogens is 4. The quantitative estimate of drug-likeness (QED) is 0.304. The number of amides is 1. The first-order chi connectivity index (χ1) is 18.5. The Bertz CT molecular complexity index is 1900. The molecule has 0 saturated carbocycles. The molecule has 0 radical (unpaired) electrons. The summed E-state index contributed by atoms with van der Waals surface area (Å²) in [5.41, 5.74) is 3.28. The summed E-state index contributed by atoms with van der Waals surface area (Å²) in [7, 11) is 0. The summed E-state index contributed by atoms with van der Waals surface area (Å²) in [6, 6.07) is 18.5. The molecule has 1 aliphatic heterocycles. The van der Waals surface area contributed by atoms with Crippen molar-refractivity contribution in [2.24, 2.45) is 0 Å². The summed E-state index contributed by atoms with van der Waals surface area (Å²) in [5.74, 6) is -0.365. The molecule has 7 rings (SSSR count). The van der Waals surface area contributed by atoms with E-state index in [1.165, 1.54) is 18.0 Å². The number of nitrogens with one attached hydrogen (secondary N) is 1. The molecule has 0 aliphatic carbocycles. The highest BCUT2D eigenvalue weighted by atomic mass is 16.5. The lowest BCUT2D eigenvalue weighted by molar-refractivity contribution is -0.116. The lowest BCUT2D eigenvalue weighted by Gasteiger charge is -2.14. The van der Waals surface area contributed by atoms with E-state index in [1.807, 2.05) is 24.3 Å². The van der Waals surface area contributed by atoms with Gasteiger partial charge in [-0.25, -0.2) is 14.6 Å². The van der Waals surface area contributed by atoms with Crippen molar-refractivity contribution in [2.45, 2.75) is 31.3 Å². The van der Waals surface area contributed by atoms with Crippen LogP contribution in [0.4, 0.5) is 0 Å². The van der Waals surface area contributed by atoms with E-state index in [1.54, 1.807) is 4.57 Å². The number of fused-ring (bicyclic) bond motifs is 1. The highest BCUT2D eigenvalue weighted by molar-refractivity contribution is 6.23. The van der Waals surface area contributed by atoms with Gasteiger partial charge in [0.15, 0.2) is 11.2 Å².